The monoisotopic (exact) mass is 372 g/mol. The van der Waals surface area contributed by atoms with Gasteiger partial charge < -0.3 is 14.4 Å². The van der Waals surface area contributed by atoms with Gasteiger partial charge in [0.05, 0.1) is 12.7 Å². The maximum Gasteiger partial charge on any atom is 0.119 e. The van der Waals surface area contributed by atoms with Crippen molar-refractivity contribution in [2.45, 2.75) is 57.6 Å². The van der Waals surface area contributed by atoms with Gasteiger partial charge in [0.15, 0.2) is 0 Å². The molecule has 27 heavy (non-hydrogen) atoms. The van der Waals surface area contributed by atoms with E-state index in [-0.39, 0.29) is 0 Å². The topological polar surface area (TPSA) is 24.9 Å². The molecule has 3 aliphatic rings. The Labute approximate surface area is 164 Å². The summed E-state index contributed by atoms with van der Waals surface area (Å²) in [6, 6.07) is 8.88. The van der Waals surface area contributed by atoms with E-state index in [1.54, 1.807) is 7.11 Å². The Morgan fingerprint density at radius 3 is 2.52 bits per heavy atom. The van der Waals surface area contributed by atoms with Crippen LogP contribution in [0.15, 0.2) is 24.3 Å². The lowest BCUT2D eigenvalue weighted by molar-refractivity contribution is 0.0673. The number of likely N-dealkylation sites (tertiary alicyclic amines) is 2. The number of hydrogen-bond acceptors (Lipinski definition) is 4. The van der Waals surface area contributed by atoms with Gasteiger partial charge in [-0.05, 0) is 81.1 Å². The molecule has 4 heteroatoms. The molecule has 2 heterocycles. The van der Waals surface area contributed by atoms with Gasteiger partial charge in [-0.1, -0.05) is 12.1 Å². The molecule has 4 rings (SSSR count). The molecule has 1 unspecified atom stereocenters. The van der Waals surface area contributed by atoms with Crippen LogP contribution in [-0.4, -0.2) is 62.3 Å². The zero-order valence-corrected chi connectivity index (χ0v) is 17.0. The van der Waals surface area contributed by atoms with E-state index in [2.05, 4.69) is 34.1 Å². The number of hydrogen-bond donors (Lipinski definition) is 0. The molecule has 1 atom stereocenters. The number of nitrogens with zero attached hydrogens (tertiary/aromatic N) is 2. The van der Waals surface area contributed by atoms with Gasteiger partial charge in [-0.2, -0.15) is 0 Å². The van der Waals surface area contributed by atoms with Crippen molar-refractivity contribution >= 4 is 0 Å². The quantitative estimate of drug-likeness (QED) is 0.724. The third-order valence-corrected chi connectivity index (χ3v) is 6.80. The SMILES string of the molecule is COCCN1CCCC2(CCN(Cc3ccc(OC4CCCC4)cc3)C2)C1. The molecule has 1 saturated carbocycles. The molecular formula is C23H36N2O2. The standard InChI is InChI=1S/C23H36N2O2/c1-26-16-15-24-13-4-11-23(18-24)12-14-25(19-23)17-20-7-9-22(10-8-20)27-21-5-2-3-6-21/h7-10,21H,2-6,11-19H2,1H3. The fraction of sp³-hybridized carbons (Fsp3) is 0.739. The van der Waals surface area contributed by atoms with Crippen molar-refractivity contribution in [3.8, 4) is 5.75 Å². The second kappa shape index (κ2) is 8.93. The van der Waals surface area contributed by atoms with Crippen molar-refractivity contribution in [3.63, 3.8) is 0 Å². The average Bonchev–Trinajstić information content (AvgIpc) is 3.32. The van der Waals surface area contributed by atoms with Gasteiger partial charge in [-0.3, -0.25) is 4.90 Å². The van der Waals surface area contributed by atoms with Gasteiger partial charge in [-0.15, -0.1) is 0 Å². The van der Waals surface area contributed by atoms with E-state index in [4.69, 9.17) is 9.47 Å². The molecule has 2 aliphatic heterocycles. The van der Waals surface area contributed by atoms with Gasteiger partial charge in [-0.25, -0.2) is 0 Å². The Bertz CT molecular complexity index is 585. The van der Waals surface area contributed by atoms with Crippen LogP contribution in [0.4, 0.5) is 0 Å². The predicted octanol–water partition coefficient (Wildman–Crippen LogP) is 3.94. The summed E-state index contributed by atoms with van der Waals surface area (Å²) in [7, 11) is 1.81. The summed E-state index contributed by atoms with van der Waals surface area (Å²) in [6.07, 6.45) is 9.61. The fourth-order valence-corrected chi connectivity index (χ4v) is 5.35. The van der Waals surface area contributed by atoms with Crippen LogP contribution < -0.4 is 4.74 Å². The average molecular weight is 373 g/mol. The Kier molecular flexibility index (Phi) is 6.36. The maximum absolute atomic E-state index is 6.10. The largest absolute Gasteiger partial charge is 0.490 e. The maximum atomic E-state index is 6.10. The Balaban J connectivity index is 1.27. The summed E-state index contributed by atoms with van der Waals surface area (Å²) in [5.41, 5.74) is 1.93. The molecule has 0 amide bonds. The first-order valence-electron chi connectivity index (χ1n) is 10.9. The van der Waals surface area contributed by atoms with Crippen LogP contribution in [0.5, 0.6) is 5.75 Å². The highest BCUT2D eigenvalue weighted by Gasteiger charge is 2.40. The van der Waals surface area contributed by atoms with Gasteiger partial charge in [0, 0.05) is 33.3 Å². The minimum absolute atomic E-state index is 0.446. The van der Waals surface area contributed by atoms with Crippen molar-refractivity contribution < 1.29 is 9.47 Å². The first-order chi connectivity index (χ1) is 13.2. The Hall–Kier alpha value is -1.10. The summed E-state index contributed by atoms with van der Waals surface area (Å²) < 4.78 is 11.4. The summed E-state index contributed by atoms with van der Waals surface area (Å²) in [5.74, 6) is 1.05. The molecule has 0 bridgehead atoms. The van der Waals surface area contributed by atoms with E-state index in [1.807, 2.05) is 0 Å². The van der Waals surface area contributed by atoms with Gasteiger partial charge >= 0.3 is 0 Å². The van der Waals surface area contributed by atoms with Gasteiger partial charge in [0.25, 0.3) is 0 Å². The van der Waals surface area contributed by atoms with Gasteiger partial charge in [0.1, 0.15) is 5.75 Å². The highest BCUT2D eigenvalue weighted by molar-refractivity contribution is 5.27. The summed E-state index contributed by atoms with van der Waals surface area (Å²) in [5, 5.41) is 0. The summed E-state index contributed by atoms with van der Waals surface area (Å²) in [6.45, 7) is 7.99. The number of piperidine rings is 1. The van der Waals surface area contributed by atoms with E-state index >= 15 is 0 Å². The van der Waals surface area contributed by atoms with E-state index in [0.29, 0.717) is 11.5 Å². The van der Waals surface area contributed by atoms with Crippen molar-refractivity contribution in [1.29, 1.82) is 0 Å². The van der Waals surface area contributed by atoms with E-state index in [1.165, 1.54) is 76.7 Å². The van der Waals surface area contributed by atoms with Crippen LogP contribution in [0.3, 0.4) is 0 Å². The minimum Gasteiger partial charge on any atom is -0.490 e. The second-order valence-corrected chi connectivity index (χ2v) is 9.00. The zero-order valence-electron chi connectivity index (χ0n) is 17.0. The van der Waals surface area contributed by atoms with E-state index < -0.39 is 0 Å². The molecule has 1 spiro atoms. The summed E-state index contributed by atoms with van der Waals surface area (Å²) >= 11 is 0. The van der Waals surface area contributed by atoms with E-state index in [9.17, 15) is 0 Å². The predicted molar refractivity (Wildman–Crippen MR) is 109 cm³/mol. The van der Waals surface area contributed by atoms with Crippen LogP contribution >= 0.6 is 0 Å². The number of methoxy groups -OCH3 is 1. The normalized spacial score (nSPS) is 27.6. The molecule has 2 saturated heterocycles. The highest BCUT2D eigenvalue weighted by Crippen LogP contribution is 2.39. The zero-order chi connectivity index (χ0) is 18.5. The van der Waals surface area contributed by atoms with Crippen LogP contribution in [0.2, 0.25) is 0 Å². The minimum atomic E-state index is 0.446. The first-order valence-corrected chi connectivity index (χ1v) is 10.9. The molecule has 1 aromatic carbocycles. The molecule has 4 nitrogen and oxygen atoms in total. The van der Waals surface area contributed by atoms with Crippen LogP contribution in [-0.2, 0) is 11.3 Å². The molecule has 3 fully saturated rings. The molecule has 0 radical (unpaired) electrons. The van der Waals surface area contributed by atoms with Crippen LogP contribution in [0, 0.1) is 5.41 Å². The smallest absolute Gasteiger partial charge is 0.119 e. The number of ether oxygens (including phenoxy) is 2. The van der Waals surface area contributed by atoms with Crippen molar-refractivity contribution in [1.82, 2.24) is 9.80 Å². The lowest BCUT2D eigenvalue weighted by Gasteiger charge is -2.40. The Morgan fingerprint density at radius 2 is 1.74 bits per heavy atom. The van der Waals surface area contributed by atoms with Crippen molar-refractivity contribution in [3.05, 3.63) is 29.8 Å². The fourth-order valence-electron chi connectivity index (χ4n) is 5.35. The Morgan fingerprint density at radius 1 is 0.963 bits per heavy atom. The number of rotatable bonds is 7. The molecule has 0 N–H and O–H groups in total. The third-order valence-electron chi connectivity index (χ3n) is 6.80. The van der Waals surface area contributed by atoms with Crippen LogP contribution in [0.1, 0.15) is 50.5 Å². The van der Waals surface area contributed by atoms with E-state index in [0.717, 1.165) is 25.4 Å². The first kappa shape index (κ1) is 19.2. The molecule has 150 valence electrons. The summed E-state index contributed by atoms with van der Waals surface area (Å²) in [4.78, 5) is 5.28. The third kappa shape index (κ3) is 5.04. The lowest BCUT2D eigenvalue weighted by Crippen LogP contribution is -2.45. The van der Waals surface area contributed by atoms with Crippen LogP contribution in [0.25, 0.3) is 0 Å². The highest BCUT2D eigenvalue weighted by atomic mass is 16.5. The molecule has 1 aromatic rings. The van der Waals surface area contributed by atoms with Gasteiger partial charge in [0.2, 0.25) is 0 Å². The molecular weight excluding hydrogens is 336 g/mol. The lowest BCUT2D eigenvalue weighted by atomic mass is 9.79. The van der Waals surface area contributed by atoms with Crippen molar-refractivity contribution in [2.75, 3.05) is 46.4 Å². The number of benzene rings is 1. The molecule has 1 aliphatic carbocycles. The second-order valence-electron chi connectivity index (χ2n) is 9.00. The molecule has 0 aromatic heterocycles. The van der Waals surface area contributed by atoms with Crippen molar-refractivity contribution in [2.24, 2.45) is 5.41 Å².